The van der Waals surface area contributed by atoms with Crippen LogP contribution in [-0.2, 0) is 13.0 Å². The molecule has 0 unspecified atom stereocenters. The SMILES string of the molecule is CC.O=C1CCCc2nc(OCc3c(Cl)cccc3Cl)ccc21. The van der Waals surface area contributed by atoms with Gasteiger partial charge in [-0.25, -0.2) is 4.98 Å². The van der Waals surface area contributed by atoms with E-state index in [0.717, 1.165) is 24.1 Å². The van der Waals surface area contributed by atoms with E-state index in [2.05, 4.69) is 4.98 Å². The predicted molar refractivity (Wildman–Crippen MR) is 93.6 cm³/mol. The van der Waals surface area contributed by atoms with Crippen molar-refractivity contribution < 1.29 is 9.53 Å². The number of hydrogen-bond acceptors (Lipinski definition) is 3. The lowest BCUT2D eigenvalue weighted by Crippen LogP contribution is -2.13. The van der Waals surface area contributed by atoms with Crippen LogP contribution in [0.4, 0.5) is 0 Å². The highest BCUT2D eigenvalue weighted by Crippen LogP contribution is 2.26. The average Bonchev–Trinajstić information content (AvgIpc) is 2.56. The Morgan fingerprint density at radius 3 is 2.48 bits per heavy atom. The summed E-state index contributed by atoms with van der Waals surface area (Å²) in [7, 11) is 0. The summed E-state index contributed by atoms with van der Waals surface area (Å²) < 4.78 is 5.66. The number of hydrogen-bond donors (Lipinski definition) is 0. The first kappa shape index (κ1) is 17.8. The zero-order valence-electron chi connectivity index (χ0n) is 13.2. The standard InChI is InChI=1S/C16H13Cl2NO2.C2H6/c17-12-3-1-4-13(18)11(12)9-21-16-8-7-10-14(19-16)5-2-6-15(10)20;1-2/h1,3-4,7-8H,2,5-6,9H2;1-2H3. The first-order valence-corrected chi connectivity index (χ1v) is 8.49. The Balaban J connectivity index is 0.000000924. The first-order chi connectivity index (χ1) is 11.1. The molecule has 0 N–H and O–H groups in total. The lowest BCUT2D eigenvalue weighted by Gasteiger charge is -2.15. The van der Waals surface area contributed by atoms with E-state index in [9.17, 15) is 4.79 Å². The number of benzene rings is 1. The third kappa shape index (κ3) is 4.24. The maximum Gasteiger partial charge on any atom is 0.213 e. The van der Waals surface area contributed by atoms with Gasteiger partial charge >= 0.3 is 0 Å². The summed E-state index contributed by atoms with van der Waals surface area (Å²) in [5, 5.41) is 1.13. The van der Waals surface area contributed by atoms with Gasteiger partial charge in [0.25, 0.3) is 0 Å². The van der Waals surface area contributed by atoms with Crippen molar-refractivity contribution >= 4 is 29.0 Å². The smallest absolute Gasteiger partial charge is 0.213 e. The summed E-state index contributed by atoms with van der Waals surface area (Å²) >= 11 is 12.2. The van der Waals surface area contributed by atoms with Crippen LogP contribution in [0.5, 0.6) is 5.88 Å². The molecule has 23 heavy (non-hydrogen) atoms. The highest BCUT2D eigenvalue weighted by molar-refractivity contribution is 6.35. The molecule has 3 rings (SSSR count). The van der Waals surface area contributed by atoms with E-state index in [-0.39, 0.29) is 12.4 Å². The van der Waals surface area contributed by atoms with Crippen LogP contribution in [0, 0.1) is 0 Å². The number of ketones is 1. The molecule has 1 aliphatic rings. The lowest BCUT2D eigenvalue weighted by atomic mass is 9.95. The van der Waals surface area contributed by atoms with Gasteiger partial charge in [-0.15, -0.1) is 0 Å². The normalized spacial score (nSPS) is 13.0. The van der Waals surface area contributed by atoms with Crippen LogP contribution in [0.25, 0.3) is 0 Å². The molecule has 0 radical (unpaired) electrons. The minimum atomic E-state index is 0.157. The molecule has 0 saturated heterocycles. The molecule has 2 aromatic rings. The fourth-order valence-corrected chi connectivity index (χ4v) is 2.88. The fraction of sp³-hybridized carbons (Fsp3) is 0.333. The Kier molecular flexibility index (Phi) is 6.43. The number of rotatable bonds is 3. The van der Waals surface area contributed by atoms with Gasteiger partial charge in [0.2, 0.25) is 5.88 Å². The van der Waals surface area contributed by atoms with E-state index in [4.69, 9.17) is 27.9 Å². The second-order valence-corrected chi connectivity index (χ2v) is 5.72. The number of aromatic nitrogens is 1. The van der Waals surface area contributed by atoms with Gasteiger partial charge in [0, 0.05) is 33.7 Å². The third-order valence-corrected chi connectivity index (χ3v) is 4.20. The van der Waals surface area contributed by atoms with Crippen LogP contribution in [0.2, 0.25) is 10.0 Å². The number of ether oxygens (including phenoxy) is 1. The predicted octanol–water partition coefficient (Wildman–Crippen LogP) is 5.51. The zero-order valence-corrected chi connectivity index (χ0v) is 14.7. The second kappa shape index (κ2) is 8.32. The number of halogens is 2. The van der Waals surface area contributed by atoms with Gasteiger partial charge < -0.3 is 4.74 Å². The van der Waals surface area contributed by atoms with Crippen LogP contribution >= 0.6 is 23.2 Å². The quantitative estimate of drug-likeness (QED) is 0.731. The van der Waals surface area contributed by atoms with Crippen molar-refractivity contribution in [2.45, 2.75) is 39.7 Å². The Bertz CT molecular complexity index is 681. The molecule has 0 saturated carbocycles. The fourth-order valence-electron chi connectivity index (χ4n) is 2.37. The van der Waals surface area contributed by atoms with Gasteiger partial charge in [-0.1, -0.05) is 43.1 Å². The Morgan fingerprint density at radius 2 is 1.78 bits per heavy atom. The number of pyridine rings is 1. The molecule has 1 aliphatic carbocycles. The summed E-state index contributed by atoms with van der Waals surface area (Å²) in [5.74, 6) is 0.642. The largest absolute Gasteiger partial charge is 0.473 e. The highest BCUT2D eigenvalue weighted by atomic mass is 35.5. The third-order valence-electron chi connectivity index (χ3n) is 3.49. The maximum atomic E-state index is 11.7. The van der Waals surface area contributed by atoms with Crippen molar-refractivity contribution in [1.29, 1.82) is 0 Å². The van der Waals surface area contributed by atoms with Gasteiger partial charge in [-0.3, -0.25) is 4.79 Å². The average molecular weight is 352 g/mol. The topological polar surface area (TPSA) is 39.2 Å². The Morgan fingerprint density at radius 1 is 1.09 bits per heavy atom. The molecule has 5 heteroatoms. The molecular formula is C18H19Cl2NO2. The molecule has 0 amide bonds. The van der Waals surface area contributed by atoms with E-state index in [1.807, 2.05) is 13.8 Å². The first-order valence-electron chi connectivity index (χ1n) is 7.74. The van der Waals surface area contributed by atoms with Crippen molar-refractivity contribution in [2.24, 2.45) is 0 Å². The van der Waals surface area contributed by atoms with Gasteiger partial charge in [0.1, 0.15) is 6.61 Å². The molecule has 0 atom stereocenters. The van der Waals surface area contributed by atoms with Crippen molar-refractivity contribution in [1.82, 2.24) is 4.98 Å². The minimum absolute atomic E-state index is 0.157. The number of carbonyl (C=O) groups is 1. The Labute approximate surface area is 146 Å². The zero-order chi connectivity index (χ0) is 16.8. The van der Waals surface area contributed by atoms with Crippen molar-refractivity contribution in [3.05, 3.63) is 57.2 Å². The van der Waals surface area contributed by atoms with Crippen LogP contribution in [-0.4, -0.2) is 10.8 Å². The molecule has 1 aromatic carbocycles. The molecule has 122 valence electrons. The number of carbonyl (C=O) groups excluding carboxylic acids is 1. The van der Waals surface area contributed by atoms with Crippen molar-refractivity contribution in [3.8, 4) is 5.88 Å². The van der Waals surface area contributed by atoms with Gasteiger partial charge in [0.15, 0.2) is 5.78 Å². The van der Waals surface area contributed by atoms with Crippen LogP contribution in [0.3, 0.4) is 0 Å². The molecule has 0 fully saturated rings. The number of fused-ring (bicyclic) bond motifs is 1. The number of aryl methyl sites for hydroxylation is 1. The monoisotopic (exact) mass is 351 g/mol. The van der Waals surface area contributed by atoms with Crippen LogP contribution in [0.1, 0.15) is 48.3 Å². The van der Waals surface area contributed by atoms with Crippen molar-refractivity contribution in [3.63, 3.8) is 0 Å². The highest BCUT2D eigenvalue weighted by Gasteiger charge is 2.18. The van der Waals surface area contributed by atoms with Crippen LogP contribution < -0.4 is 4.74 Å². The molecular weight excluding hydrogens is 333 g/mol. The number of nitrogens with zero attached hydrogens (tertiary/aromatic N) is 1. The summed E-state index contributed by atoms with van der Waals surface area (Å²) in [6.07, 6.45) is 2.26. The molecule has 0 aliphatic heterocycles. The molecule has 0 spiro atoms. The molecule has 3 nitrogen and oxygen atoms in total. The molecule has 1 aromatic heterocycles. The summed E-state index contributed by atoms with van der Waals surface area (Å²) in [6, 6.07) is 8.83. The summed E-state index contributed by atoms with van der Waals surface area (Å²) in [6.45, 7) is 4.25. The maximum absolute atomic E-state index is 11.7. The minimum Gasteiger partial charge on any atom is -0.473 e. The Hall–Kier alpha value is -1.58. The van der Waals surface area contributed by atoms with Crippen LogP contribution in [0.15, 0.2) is 30.3 Å². The van der Waals surface area contributed by atoms with Crippen molar-refractivity contribution in [2.75, 3.05) is 0 Å². The summed E-state index contributed by atoms with van der Waals surface area (Å²) in [5.41, 5.74) is 2.26. The number of Topliss-reactive ketones (excluding diaryl/α,β-unsaturated/α-hetero) is 1. The van der Waals surface area contributed by atoms with E-state index < -0.39 is 0 Å². The van der Waals surface area contributed by atoms with E-state index >= 15 is 0 Å². The summed E-state index contributed by atoms with van der Waals surface area (Å²) in [4.78, 5) is 16.2. The molecule has 0 bridgehead atoms. The second-order valence-electron chi connectivity index (χ2n) is 4.91. The van der Waals surface area contributed by atoms with E-state index in [1.54, 1.807) is 30.3 Å². The lowest BCUT2D eigenvalue weighted by molar-refractivity contribution is 0.0971. The van der Waals surface area contributed by atoms with E-state index in [1.165, 1.54) is 0 Å². The molecule has 1 heterocycles. The van der Waals surface area contributed by atoms with E-state index in [0.29, 0.717) is 27.9 Å². The van der Waals surface area contributed by atoms with Gasteiger partial charge in [0.05, 0.1) is 5.69 Å². The van der Waals surface area contributed by atoms with Gasteiger partial charge in [-0.2, -0.15) is 0 Å². The van der Waals surface area contributed by atoms with Gasteiger partial charge in [-0.05, 0) is 31.0 Å².